The lowest BCUT2D eigenvalue weighted by Crippen LogP contribution is -1.84. The van der Waals surface area contributed by atoms with E-state index >= 15 is 0 Å². The third kappa shape index (κ3) is 2.79. The summed E-state index contributed by atoms with van der Waals surface area (Å²) in [4.78, 5) is 4.36. The number of rotatable bonds is 3. The fourth-order valence-corrected chi connectivity index (χ4v) is 2.67. The minimum Gasteiger partial charge on any atom is -0.436 e. The molecule has 1 aromatic heterocycles. The quantitative estimate of drug-likeness (QED) is 0.525. The molecule has 0 saturated carbocycles. The summed E-state index contributed by atoms with van der Waals surface area (Å²) in [6.07, 6.45) is 1.75. The third-order valence-electron chi connectivity index (χ3n) is 3.92. The molecular formula is C21H16N2O. The minimum atomic E-state index is 0.574. The van der Waals surface area contributed by atoms with Crippen molar-refractivity contribution in [2.45, 2.75) is 0 Å². The smallest absolute Gasteiger partial charge is 0.226 e. The highest BCUT2D eigenvalue weighted by atomic mass is 16.4. The SMILES string of the molecule is Nc1cccc(-c2ncc(-c3ccc(-c4ccccc4)cc3)o2)c1. The van der Waals surface area contributed by atoms with Crippen LogP contribution in [0, 0.1) is 0 Å². The summed E-state index contributed by atoms with van der Waals surface area (Å²) in [7, 11) is 0. The van der Waals surface area contributed by atoms with Crippen molar-refractivity contribution in [3.8, 4) is 33.9 Å². The van der Waals surface area contributed by atoms with E-state index in [2.05, 4.69) is 29.2 Å². The second kappa shape index (κ2) is 6.05. The van der Waals surface area contributed by atoms with Gasteiger partial charge in [-0.2, -0.15) is 0 Å². The summed E-state index contributed by atoms with van der Waals surface area (Å²) >= 11 is 0. The zero-order chi connectivity index (χ0) is 16.4. The van der Waals surface area contributed by atoms with Gasteiger partial charge in [-0.05, 0) is 29.3 Å². The van der Waals surface area contributed by atoms with Crippen LogP contribution >= 0.6 is 0 Å². The van der Waals surface area contributed by atoms with E-state index in [4.69, 9.17) is 10.2 Å². The maximum absolute atomic E-state index is 5.89. The van der Waals surface area contributed by atoms with Crippen LogP contribution in [0.4, 0.5) is 5.69 Å². The molecule has 0 unspecified atom stereocenters. The normalized spacial score (nSPS) is 10.7. The molecule has 0 saturated heterocycles. The summed E-state index contributed by atoms with van der Waals surface area (Å²) in [6, 6.07) is 26.1. The zero-order valence-electron chi connectivity index (χ0n) is 13.0. The molecule has 0 aliphatic carbocycles. The summed E-state index contributed by atoms with van der Waals surface area (Å²) < 4.78 is 5.89. The molecule has 0 spiro atoms. The van der Waals surface area contributed by atoms with Crippen molar-refractivity contribution < 1.29 is 4.42 Å². The Bertz CT molecular complexity index is 957. The minimum absolute atomic E-state index is 0.574. The molecule has 2 N–H and O–H groups in total. The molecule has 3 heteroatoms. The van der Waals surface area contributed by atoms with Gasteiger partial charge in [-0.1, -0.05) is 60.7 Å². The van der Waals surface area contributed by atoms with Gasteiger partial charge >= 0.3 is 0 Å². The van der Waals surface area contributed by atoms with E-state index in [1.54, 1.807) is 6.20 Å². The molecule has 1 heterocycles. The Hall–Kier alpha value is -3.33. The Morgan fingerprint density at radius 1 is 0.667 bits per heavy atom. The van der Waals surface area contributed by atoms with Crippen LogP contribution in [0.15, 0.2) is 89.5 Å². The van der Waals surface area contributed by atoms with Crippen molar-refractivity contribution in [2.75, 3.05) is 5.73 Å². The molecule has 3 nitrogen and oxygen atoms in total. The lowest BCUT2D eigenvalue weighted by molar-refractivity contribution is 0.589. The van der Waals surface area contributed by atoms with E-state index in [0.717, 1.165) is 16.9 Å². The average molecular weight is 312 g/mol. The lowest BCUT2D eigenvalue weighted by atomic mass is 10.0. The fourth-order valence-electron chi connectivity index (χ4n) is 2.67. The molecule has 4 aromatic rings. The number of anilines is 1. The van der Waals surface area contributed by atoms with E-state index in [1.165, 1.54) is 11.1 Å². The average Bonchev–Trinajstić information content (AvgIpc) is 3.13. The van der Waals surface area contributed by atoms with Crippen LogP contribution in [-0.2, 0) is 0 Å². The lowest BCUT2D eigenvalue weighted by Gasteiger charge is -2.02. The van der Waals surface area contributed by atoms with Gasteiger partial charge in [-0.15, -0.1) is 0 Å². The number of nitrogen functional groups attached to an aromatic ring is 1. The molecule has 0 atom stereocenters. The molecule has 0 fully saturated rings. The largest absolute Gasteiger partial charge is 0.436 e. The topological polar surface area (TPSA) is 52.0 Å². The molecule has 3 aromatic carbocycles. The van der Waals surface area contributed by atoms with Crippen molar-refractivity contribution in [3.05, 3.63) is 85.1 Å². The number of nitrogens with two attached hydrogens (primary N) is 1. The molecule has 0 radical (unpaired) electrons. The molecule has 116 valence electrons. The highest BCUT2D eigenvalue weighted by Crippen LogP contribution is 2.28. The van der Waals surface area contributed by atoms with Gasteiger partial charge in [0.25, 0.3) is 0 Å². The third-order valence-corrected chi connectivity index (χ3v) is 3.92. The fraction of sp³-hybridized carbons (Fsp3) is 0. The van der Waals surface area contributed by atoms with Gasteiger partial charge in [-0.3, -0.25) is 0 Å². The van der Waals surface area contributed by atoms with Crippen molar-refractivity contribution in [1.29, 1.82) is 0 Å². The van der Waals surface area contributed by atoms with Gasteiger partial charge in [0.05, 0.1) is 6.20 Å². The highest BCUT2D eigenvalue weighted by molar-refractivity contribution is 5.69. The van der Waals surface area contributed by atoms with Gasteiger partial charge in [0.15, 0.2) is 5.76 Å². The Labute approximate surface area is 140 Å². The monoisotopic (exact) mass is 312 g/mol. The summed E-state index contributed by atoms with van der Waals surface area (Å²) in [5.41, 5.74) is 10.8. The maximum Gasteiger partial charge on any atom is 0.226 e. The number of nitrogens with zero attached hydrogens (tertiary/aromatic N) is 1. The standard InChI is InChI=1S/C21H16N2O/c22-19-8-4-7-18(13-19)21-23-14-20(24-21)17-11-9-16(10-12-17)15-5-2-1-3-6-15/h1-14H,22H2. The molecule has 0 amide bonds. The van der Waals surface area contributed by atoms with Gasteiger partial charge in [-0.25, -0.2) is 4.98 Å². The first-order valence-corrected chi connectivity index (χ1v) is 7.77. The first-order valence-electron chi connectivity index (χ1n) is 7.77. The highest BCUT2D eigenvalue weighted by Gasteiger charge is 2.09. The number of oxazole rings is 1. The maximum atomic E-state index is 5.89. The molecule has 0 aliphatic heterocycles. The van der Waals surface area contributed by atoms with Crippen molar-refractivity contribution >= 4 is 5.69 Å². The van der Waals surface area contributed by atoms with Crippen LogP contribution in [0.1, 0.15) is 0 Å². The van der Waals surface area contributed by atoms with Crippen LogP contribution in [0.2, 0.25) is 0 Å². The number of aromatic nitrogens is 1. The van der Waals surface area contributed by atoms with E-state index < -0.39 is 0 Å². The second-order valence-corrected chi connectivity index (χ2v) is 5.60. The Morgan fingerprint density at radius 2 is 1.33 bits per heavy atom. The van der Waals surface area contributed by atoms with E-state index in [-0.39, 0.29) is 0 Å². The Kier molecular flexibility index (Phi) is 3.60. The summed E-state index contributed by atoms with van der Waals surface area (Å²) in [6.45, 7) is 0. The van der Waals surface area contributed by atoms with Crippen LogP contribution in [0.25, 0.3) is 33.9 Å². The molecular weight excluding hydrogens is 296 g/mol. The number of hydrogen-bond acceptors (Lipinski definition) is 3. The van der Waals surface area contributed by atoms with Gasteiger partial charge in [0.2, 0.25) is 5.89 Å². The van der Waals surface area contributed by atoms with E-state index in [9.17, 15) is 0 Å². The van der Waals surface area contributed by atoms with E-state index in [0.29, 0.717) is 11.6 Å². The molecule has 0 aliphatic rings. The van der Waals surface area contributed by atoms with Crippen LogP contribution in [-0.4, -0.2) is 4.98 Å². The zero-order valence-corrected chi connectivity index (χ0v) is 13.0. The van der Waals surface area contributed by atoms with Crippen molar-refractivity contribution in [3.63, 3.8) is 0 Å². The Morgan fingerprint density at radius 3 is 2.08 bits per heavy atom. The summed E-state index contributed by atoms with van der Waals surface area (Å²) in [5.74, 6) is 1.32. The summed E-state index contributed by atoms with van der Waals surface area (Å²) in [5, 5.41) is 0. The van der Waals surface area contributed by atoms with Crippen LogP contribution < -0.4 is 5.73 Å². The predicted molar refractivity (Wildman–Crippen MR) is 97.2 cm³/mol. The molecule has 4 rings (SSSR count). The number of benzene rings is 3. The van der Waals surface area contributed by atoms with E-state index in [1.807, 2.05) is 54.6 Å². The second-order valence-electron chi connectivity index (χ2n) is 5.60. The van der Waals surface area contributed by atoms with Crippen LogP contribution in [0.5, 0.6) is 0 Å². The van der Waals surface area contributed by atoms with Crippen molar-refractivity contribution in [2.24, 2.45) is 0 Å². The Balaban J connectivity index is 1.63. The predicted octanol–water partition coefficient (Wildman–Crippen LogP) is 5.26. The number of hydrogen-bond donors (Lipinski definition) is 1. The first kappa shape index (κ1) is 14.3. The van der Waals surface area contributed by atoms with Gasteiger partial charge in [0.1, 0.15) is 0 Å². The van der Waals surface area contributed by atoms with Crippen LogP contribution in [0.3, 0.4) is 0 Å². The van der Waals surface area contributed by atoms with Gasteiger partial charge in [0, 0.05) is 16.8 Å². The first-order chi connectivity index (χ1) is 11.8. The molecule has 24 heavy (non-hydrogen) atoms. The van der Waals surface area contributed by atoms with Crippen molar-refractivity contribution in [1.82, 2.24) is 4.98 Å². The molecule has 0 bridgehead atoms. The van der Waals surface area contributed by atoms with Gasteiger partial charge < -0.3 is 10.2 Å².